The van der Waals surface area contributed by atoms with Crippen LogP contribution in [-0.4, -0.2) is 46.0 Å². The Balaban J connectivity index is 1.33. The number of ether oxygens (including phenoxy) is 1. The number of rotatable bonds is 10. The largest absolute Gasteiger partial charge is 0.494 e. The molecule has 1 unspecified atom stereocenters. The van der Waals surface area contributed by atoms with Crippen LogP contribution in [0.5, 0.6) is 5.75 Å². The summed E-state index contributed by atoms with van der Waals surface area (Å²) in [5, 5.41) is 6.98. The standard InChI is InChI=1S/C25H29N5O4/c1-2-33-19-11-9-17(10-12-19)25-28-23(34-29-25)14-13-22(31)27-20-7-4-3-6-18(20)16-30-15-5-8-21(30)24(26)32/h3-4,6-7,9-12,21H,2,5,8,13-16H2,1H3,(H2,26,32)(H,27,31). The molecule has 0 radical (unpaired) electrons. The minimum atomic E-state index is -0.303. The third-order valence-electron chi connectivity index (χ3n) is 5.81. The molecule has 0 saturated carbocycles. The van der Waals surface area contributed by atoms with E-state index in [1.807, 2.05) is 55.5 Å². The lowest BCUT2D eigenvalue weighted by atomic mass is 10.1. The predicted molar refractivity (Wildman–Crippen MR) is 127 cm³/mol. The lowest BCUT2D eigenvalue weighted by molar-refractivity contribution is -0.122. The molecular weight excluding hydrogens is 434 g/mol. The van der Waals surface area contributed by atoms with Crippen LogP contribution in [0.1, 0.15) is 37.6 Å². The Kier molecular flexibility index (Phi) is 7.54. The van der Waals surface area contributed by atoms with Crippen molar-refractivity contribution in [3.8, 4) is 17.1 Å². The first-order valence-electron chi connectivity index (χ1n) is 11.5. The van der Waals surface area contributed by atoms with Gasteiger partial charge in [-0.1, -0.05) is 23.4 Å². The molecule has 1 aliphatic rings. The summed E-state index contributed by atoms with van der Waals surface area (Å²) in [6, 6.07) is 14.8. The zero-order chi connectivity index (χ0) is 23.9. The molecule has 3 aromatic rings. The summed E-state index contributed by atoms with van der Waals surface area (Å²) in [7, 11) is 0. The average molecular weight is 464 g/mol. The van der Waals surface area contributed by atoms with Gasteiger partial charge in [0.25, 0.3) is 0 Å². The first kappa shape index (κ1) is 23.4. The molecule has 34 heavy (non-hydrogen) atoms. The maximum absolute atomic E-state index is 12.6. The topological polar surface area (TPSA) is 124 Å². The second kappa shape index (κ2) is 10.9. The van der Waals surface area contributed by atoms with Gasteiger partial charge in [0.2, 0.25) is 23.5 Å². The number of anilines is 1. The SMILES string of the molecule is CCOc1ccc(-c2noc(CCC(=O)Nc3ccccc3CN3CCCC3C(N)=O)n2)cc1. The van der Waals surface area contributed by atoms with Gasteiger partial charge in [-0.15, -0.1) is 0 Å². The van der Waals surface area contributed by atoms with Crippen LogP contribution in [0.4, 0.5) is 5.69 Å². The predicted octanol–water partition coefficient (Wildman–Crippen LogP) is 3.16. The number of para-hydroxylation sites is 1. The van der Waals surface area contributed by atoms with Gasteiger partial charge in [-0.2, -0.15) is 4.98 Å². The van der Waals surface area contributed by atoms with E-state index in [0.29, 0.717) is 31.3 Å². The Morgan fingerprint density at radius 2 is 2.00 bits per heavy atom. The molecule has 1 saturated heterocycles. The van der Waals surface area contributed by atoms with Crippen molar-refractivity contribution in [3.63, 3.8) is 0 Å². The van der Waals surface area contributed by atoms with Gasteiger partial charge in [0.05, 0.1) is 12.6 Å². The second-order valence-corrected chi connectivity index (χ2v) is 8.21. The van der Waals surface area contributed by atoms with Gasteiger partial charge in [-0.25, -0.2) is 0 Å². The maximum atomic E-state index is 12.6. The van der Waals surface area contributed by atoms with Crippen molar-refractivity contribution in [1.29, 1.82) is 0 Å². The molecule has 2 amide bonds. The summed E-state index contributed by atoms with van der Waals surface area (Å²) in [6.45, 7) is 3.90. The minimum absolute atomic E-state index is 0.152. The molecule has 1 fully saturated rings. The minimum Gasteiger partial charge on any atom is -0.494 e. The number of nitrogens with zero attached hydrogens (tertiary/aromatic N) is 3. The molecule has 9 heteroatoms. The van der Waals surface area contributed by atoms with E-state index in [2.05, 4.69) is 20.4 Å². The molecule has 0 spiro atoms. The van der Waals surface area contributed by atoms with E-state index >= 15 is 0 Å². The number of aromatic nitrogens is 2. The monoisotopic (exact) mass is 463 g/mol. The van der Waals surface area contributed by atoms with Gasteiger partial charge in [0, 0.05) is 30.6 Å². The van der Waals surface area contributed by atoms with Crippen LogP contribution in [0.3, 0.4) is 0 Å². The normalized spacial score (nSPS) is 15.9. The summed E-state index contributed by atoms with van der Waals surface area (Å²) in [4.78, 5) is 30.8. The van der Waals surface area contributed by atoms with Gasteiger partial charge in [0.1, 0.15) is 5.75 Å². The highest BCUT2D eigenvalue weighted by molar-refractivity contribution is 5.91. The fourth-order valence-electron chi connectivity index (χ4n) is 4.11. The molecule has 0 bridgehead atoms. The number of hydrogen-bond acceptors (Lipinski definition) is 7. The number of nitrogens with two attached hydrogens (primary N) is 1. The maximum Gasteiger partial charge on any atom is 0.234 e. The second-order valence-electron chi connectivity index (χ2n) is 8.21. The smallest absolute Gasteiger partial charge is 0.234 e. The number of amides is 2. The van der Waals surface area contributed by atoms with Gasteiger partial charge >= 0.3 is 0 Å². The van der Waals surface area contributed by atoms with E-state index in [1.54, 1.807) is 0 Å². The van der Waals surface area contributed by atoms with Gasteiger partial charge in [-0.05, 0) is 62.2 Å². The van der Waals surface area contributed by atoms with E-state index in [1.165, 1.54) is 0 Å². The average Bonchev–Trinajstić information content (AvgIpc) is 3.50. The number of nitrogens with one attached hydrogen (secondary N) is 1. The fraction of sp³-hybridized carbons (Fsp3) is 0.360. The first-order valence-corrected chi connectivity index (χ1v) is 11.5. The molecule has 2 heterocycles. The number of primary amides is 1. The Morgan fingerprint density at radius 1 is 1.21 bits per heavy atom. The van der Waals surface area contributed by atoms with Crippen molar-refractivity contribution < 1.29 is 18.8 Å². The zero-order valence-corrected chi connectivity index (χ0v) is 19.2. The quantitative estimate of drug-likeness (QED) is 0.473. The number of hydrogen-bond donors (Lipinski definition) is 2. The summed E-state index contributed by atoms with van der Waals surface area (Å²) in [6.07, 6.45) is 2.23. The number of likely N-dealkylation sites (tertiary alicyclic amines) is 1. The molecule has 178 valence electrons. The highest BCUT2D eigenvalue weighted by Crippen LogP contribution is 2.24. The summed E-state index contributed by atoms with van der Waals surface area (Å²) in [5.41, 5.74) is 8.02. The Hall–Kier alpha value is -3.72. The third kappa shape index (κ3) is 5.79. The summed E-state index contributed by atoms with van der Waals surface area (Å²) >= 11 is 0. The van der Waals surface area contributed by atoms with Crippen LogP contribution in [-0.2, 0) is 22.6 Å². The van der Waals surface area contributed by atoms with E-state index in [-0.39, 0.29) is 24.3 Å². The Labute approximate surface area is 198 Å². The first-order chi connectivity index (χ1) is 16.5. The lowest BCUT2D eigenvalue weighted by Crippen LogP contribution is -2.39. The van der Waals surface area contributed by atoms with Crippen molar-refractivity contribution in [2.75, 3.05) is 18.5 Å². The van der Waals surface area contributed by atoms with Crippen LogP contribution >= 0.6 is 0 Å². The number of carbonyl (C=O) groups excluding carboxylic acids is 2. The number of aryl methyl sites for hydroxylation is 1. The highest BCUT2D eigenvalue weighted by Gasteiger charge is 2.29. The molecular formula is C25H29N5O4. The Bertz CT molecular complexity index is 1130. The molecule has 1 aromatic heterocycles. The third-order valence-corrected chi connectivity index (χ3v) is 5.81. The van der Waals surface area contributed by atoms with E-state index in [0.717, 1.165) is 42.0 Å². The summed E-state index contributed by atoms with van der Waals surface area (Å²) in [5.74, 6) is 1.19. The van der Waals surface area contributed by atoms with Crippen LogP contribution in [0.15, 0.2) is 53.1 Å². The molecule has 1 atom stereocenters. The number of carbonyl (C=O) groups is 2. The Morgan fingerprint density at radius 3 is 2.76 bits per heavy atom. The van der Waals surface area contributed by atoms with Crippen LogP contribution < -0.4 is 15.8 Å². The molecule has 9 nitrogen and oxygen atoms in total. The van der Waals surface area contributed by atoms with Crippen LogP contribution in [0, 0.1) is 0 Å². The van der Waals surface area contributed by atoms with Crippen molar-refractivity contribution >= 4 is 17.5 Å². The lowest BCUT2D eigenvalue weighted by Gasteiger charge is -2.23. The fourth-order valence-corrected chi connectivity index (χ4v) is 4.11. The summed E-state index contributed by atoms with van der Waals surface area (Å²) < 4.78 is 10.8. The zero-order valence-electron chi connectivity index (χ0n) is 19.2. The molecule has 2 aromatic carbocycles. The number of benzene rings is 2. The van der Waals surface area contributed by atoms with E-state index in [9.17, 15) is 9.59 Å². The molecule has 0 aliphatic carbocycles. The van der Waals surface area contributed by atoms with Crippen molar-refractivity contribution in [2.24, 2.45) is 5.73 Å². The van der Waals surface area contributed by atoms with Crippen molar-refractivity contribution in [1.82, 2.24) is 15.0 Å². The van der Waals surface area contributed by atoms with Gasteiger partial charge < -0.3 is 20.3 Å². The van der Waals surface area contributed by atoms with Crippen LogP contribution in [0.25, 0.3) is 11.4 Å². The van der Waals surface area contributed by atoms with Gasteiger partial charge in [-0.3, -0.25) is 14.5 Å². The van der Waals surface area contributed by atoms with Gasteiger partial charge in [0.15, 0.2) is 0 Å². The molecule has 3 N–H and O–H groups in total. The van der Waals surface area contributed by atoms with E-state index in [4.69, 9.17) is 15.0 Å². The van der Waals surface area contributed by atoms with E-state index < -0.39 is 0 Å². The van der Waals surface area contributed by atoms with Crippen LogP contribution in [0.2, 0.25) is 0 Å². The molecule has 1 aliphatic heterocycles. The molecule has 4 rings (SSSR count). The van der Waals surface area contributed by atoms with Crippen molar-refractivity contribution in [3.05, 3.63) is 60.0 Å². The van der Waals surface area contributed by atoms with Crippen molar-refractivity contribution in [2.45, 2.75) is 45.2 Å². The highest BCUT2D eigenvalue weighted by atomic mass is 16.5.